The normalized spacial score (nSPS) is 13.4. The fourth-order valence-electron chi connectivity index (χ4n) is 2.56. The van der Waals surface area contributed by atoms with Crippen molar-refractivity contribution in [1.29, 1.82) is 0 Å². The molecule has 6 heteroatoms. The van der Waals surface area contributed by atoms with Gasteiger partial charge in [0.1, 0.15) is 0 Å². The average Bonchev–Trinajstić information content (AvgIpc) is 3.05. The monoisotopic (exact) mass is 355 g/mol. The first-order chi connectivity index (χ1) is 12.0. The third-order valence-electron chi connectivity index (χ3n) is 3.93. The molecule has 1 aromatic heterocycles. The fourth-order valence-corrected chi connectivity index (χ4v) is 3.08. The maximum Gasteiger partial charge on any atom is 0.338 e. The van der Waals surface area contributed by atoms with Gasteiger partial charge in [-0.25, -0.2) is 4.79 Å². The zero-order valence-corrected chi connectivity index (χ0v) is 14.6. The third-order valence-corrected chi connectivity index (χ3v) is 4.87. The number of ether oxygens (including phenoxy) is 1. The minimum atomic E-state index is -1.11. The van der Waals surface area contributed by atoms with Crippen LogP contribution in [0.25, 0.3) is 10.9 Å². The molecule has 0 saturated carbocycles. The highest BCUT2D eigenvalue weighted by Crippen LogP contribution is 2.20. The number of benzene rings is 2. The van der Waals surface area contributed by atoms with E-state index in [9.17, 15) is 13.8 Å². The summed E-state index contributed by atoms with van der Waals surface area (Å²) in [5.41, 5.74) is 1.66. The molecule has 128 valence electrons. The zero-order valence-electron chi connectivity index (χ0n) is 13.8. The van der Waals surface area contributed by atoms with Crippen LogP contribution in [0.2, 0.25) is 0 Å². The number of ketones is 1. The van der Waals surface area contributed by atoms with Gasteiger partial charge in [-0.1, -0.05) is 18.2 Å². The number of carbonyl (C=O) groups excluding carboxylic acids is 2. The molecule has 0 amide bonds. The number of hydrogen-bond donors (Lipinski definition) is 1. The number of carbonyl (C=O) groups is 2. The second-order valence-corrected chi connectivity index (χ2v) is 7.02. The van der Waals surface area contributed by atoms with Crippen LogP contribution < -0.4 is 0 Å². The topological polar surface area (TPSA) is 76.2 Å². The third kappa shape index (κ3) is 3.53. The summed E-state index contributed by atoms with van der Waals surface area (Å²) in [4.78, 5) is 28.5. The Balaban J connectivity index is 1.74. The van der Waals surface area contributed by atoms with E-state index < -0.39 is 22.9 Å². The second-order valence-electron chi connectivity index (χ2n) is 5.64. The molecule has 0 aliphatic heterocycles. The molecule has 5 nitrogen and oxygen atoms in total. The molecule has 0 saturated heterocycles. The Bertz CT molecular complexity index is 959. The van der Waals surface area contributed by atoms with Gasteiger partial charge in [-0.15, -0.1) is 0 Å². The Morgan fingerprint density at radius 1 is 1.08 bits per heavy atom. The largest absolute Gasteiger partial charge is 0.451 e. The van der Waals surface area contributed by atoms with Gasteiger partial charge in [0.25, 0.3) is 0 Å². The van der Waals surface area contributed by atoms with Crippen molar-refractivity contribution in [2.75, 3.05) is 6.26 Å². The van der Waals surface area contributed by atoms with Crippen molar-refractivity contribution in [2.24, 2.45) is 0 Å². The fraction of sp³-hybridized carbons (Fsp3) is 0.158. The van der Waals surface area contributed by atoms with Crippen LogP contribution in [-0.2, 0) is 15.5 Å². The van der Waals surface area contributed by atoms with Gasteiger partial charge in [-0.2, -0.15) is 0 Å². The van der Waals surface area contributed by atoms with Gasteiger partial charge >= 0.3 is 5.97 Å². The van der Waals surface area contributed by atoms with Gasteiger partial charge in [-0.3, -0.25) is 9.00 Å². The number of aromatic nitrogens is 1. The van der Waals surface area contributed by atoms with E-state index in [1.165, 1.54) is 0 Å². The van der Waals surface area contributed by atoms with Gasteiger partial charge in [0.2, 0.25) is 5.78 Å². The van der Waals surface area contributed by atoms with E-state index in [0.29, 0.717) is 16.0 Å². The standard InChI is InChI=1S/C19H17NO4S/c1-12(18(21)16-11-20-17-6-4-3-5-15(16)17)24-19(22)13-7-9-14(10-8-13)25(2)23/h3-12,20H,1-2H3. The van der Waals surface area contributed by atoms with E-state index in [4.69, 9.17) is 4.74 Å². The molecule has 2 unspecified atom stereocenters. The highest BCUT2D eigenvalue weighted by atomic mass is 32.2. The van der Waals surface area contributed by atoms with Gasteiger partial charge in [0, 0.05) is 44.6 Å². The number of fused-ring (bicyclic) bond motifs is 1. The quantitative estimate of drug-likeness (QED) is 0.563. The number of Topliss-reactive ketones (excluding diaryl/α,β-unsaturated/α-hetero) is 1. The number of aromatic amines is 1. The number of para-hydroxylation sites is 1. The van der Waals surface area contributed by atoms with Gasteiger partial charge in [0.05, 0.1) is 5.56 Å². The van der Waals surface area contributed by atoms with Crippen LogP contribution in [-0.4, -0.2) is 33.3 Å². The van der Waals surface area contributed by atoms with Crippen LogP contribution in [0.5, 0.6) is 0 Å². The molecule has 1 heterocycles. The summed E-state index contributed by atoms with van der Waals surface area (Å²) in [6, 6.07) is 13.8. The van der Waals surface area contributed by atoms with Crippen molar-refractivity contribution in [3.8, 4) is 0 Å². The predicted molar refractivity (Wildman–Crippen MR) is 96.3 cm³/mol. The summed E-state index contributed by atoms with van der Waals surface area (Å²) >= 11 is 0. The van der Waals surface area contributed by atoms with Crippen LogP contribution in [0.4, 0.5) is 0 Å². The van der Waals surface area contributed by atoms with E-state index in [0.717, 1.165) is 10.9 Å². The lowest BCUT2D eigenvalue weighted by molar-refractivity contribution is 0.0319. The van der Waals surface area contributed by atoms with E-state index in [-0.39, 0.29) is 5.78 Å². The van der Waals surface area contributed by atoms with E-state index >= 15 is 0 Å². The van der Waals surface area contributed by atoms with E-state index in [1.807, 2.05) is 24.3 Å². The van der Waals surface area contributed by atoms with Crippen LogP contribution in [0.1, 0.15) is 27.6 Å². The first-order valence-corrected chi connectivity index (χ1v) is 9.28. The highest BCUT2D eigenvalue weighted by Gasteiger charge is 2.22. The zero-order chi connectivity index (χ0) is 18.0. The number of hydrogen-bond acceptors (Lipinski definition) is 4. The van der Waals surface area contributed by atoms with Gasteiger partial charge in [0.15, 0.2) is 6.10 Å². The Labute approximate surface area is 147 Å². The number of esters is 1. The lowest BCUT2D eigenvalue weighted by Crippen LogP contribution is -2.24. The summed E-state index contributed by atoms with van der Waals surface area (Å²) in [5.74, 6) is -0.855. The molecule has 0 aliphatic rings. The van der Waals surface area contributed by atoms with Crippen molar-refractivity contribution < 1.29 is 18.5 Å². The predicted octanol–water partition coefficient (Wildman–Crippen LogP) is 3.33. The van der Waals surface area contributed by atoms with Crippen LogP contribution in [0.15, 0.2) is 59.6 Å². The first kappa shape index (κ1) is 17.1. The summed E-state index contributed by atoms with van der Waals surface area (Å²) in [6.45, 7) is 1.55. The first-order valence-electron chi connectivity index (χ1n) is 7.72. The minimum absolute atomic E-state index is 0.267. The SMILES string of the molecule is CC(OC(=O)c1ccc(S(C)=O)cc1)C(=O)c1c[nH]c2ccccc12. The Kier molecular flexibility index (Phi) is 4.81. The molecule has 2 atom stereocenters. The van der Waals surface area contributed by atoms with Crippen molar-refractivity contribution in [3.63, 3.8) is 0 Å². The van der Waals surface area contributed by atoms with E-state index in [2.05, 4.69) is 4.98 Å². The molecular formula is C19H17NO4S. The van der Waals surface area contributed by atoms with Crippen molar-refractivity contribution in [1.82, 2.24) is 4.98 Å². The van der Waals surface area contributed by atoms with Crippen LogP contribution >= 0.6 is 0 Å². The van der Waals surface area contributed by atoms with Crippen LogP contribution in [0.3, 0.4) is 0 Å². The van der Waals surface area contributed by atoms with Gasteiger partial charge in [-0.05, 0) is 37.3 Å². The maximum absolute atomic E-state index is 12.6. The summed E-state index contributed by atoms with van der Waals surface area (Å²) in [6.07, 6.45) is 2.28. The molecule has 0 bridgehead atoms. The molecule has 0 spiro atoms. The number of nitrogens with one attached hydrogen (secondary N) is 1. The number of rotatable bonds is 5. The minimum Gasteiger partial charge on any atom is -0.451 e. The molecule has 0 radical (unpaired) electrons. The van der Waals surface area contributed by atoms with Crippen molar-refractivity contribution >= 4 is 33.5 Å². The summed E-state index contributed by atoms with van der Waals surface area (Å²) in [7, 11) is -1.11. The maximum atomic E-state index is 12.6. The lowest BCUT2D eigenvalue weighted by Gasteiger charge is -2.12. The highest BCUT2D eigenvalue weighted by molar-refractivity contribution is 7.84. The molecule has 3 aromatic rings. The molecule has 25 heavy (non-hydrogen) atoms. The second kappa shape index (κ2) is 7.03. The molecular weight excluding hydrogens is 338 g/mol. The summed E-state index contributed by atoms with van der Waals surface area (Å²) in [5, 5.41) is 0.796. The molecule has 1 N–H and O–H groups in total. The lowest BCUT2D eigenvalue weighted by atomic mass is 10.1. The van der Waals surface area contributed by atoms with Crippen molar-refractivity contribution in [3.05, 3.63) is 65.9 Å². The molecule has 0 fully saturated rings. The summed E-state index contributed by atoms with van der Waals surface area (Å²) < 4.78 is 16.7. The smallest absolute Gasteiger partial charge is 0.338 e. The van der Waals surface area contributed by atoms with Crippen molar-refractivity contribution in [2.45, 2.75) is 17.9 Å². The Hall–Kier alpha value is -2.73. The molecule has 3 rings (SSSR count). The Morgan fingerprint density at radius 3 is 2.44 bits per heavy atom. The molecule has 2 aromatic carbocycles. The average molecular weight is 355 g/mol. The molecule has 0 aliphatic carbocycles. The van der Waals surface area contributed by atoms with E-state index in [1.54, 1.807) is 43.6 Å². The van der Waals surface area contributed by atoms with Crippen LogP contribution in [0, 0.1) is 0 Å². The number of H-pyrrole nitrogens is 1. The Morgan fingerprint density at radius 2 is 1.76 bits per heavy atom. The van der Waals surface area contributed by atoms with Gasteiger partial charge < -0.3 is 9.72 Å².